The van der Waals surface area contributed by atoms with Crippen LogP contribution in [0.2, 0.25) is 5.02 Å². The molecule has 1 heterocycles. The van der Waals surface area contributed by atoms with Crippen LogP contribution in [0.15, 0.2) is 17.2 Å². The molecule has 0 amide bonds. The number of halogens is 1. The van der Waals surface area contributed by atoms with Crippen LogP contribution in [0.5, 0.6) is 0 Å². The van der Waals surface area contributed by atoms with Gasteiger partial charge in [-0.3, -0.25) is 0 Å². The van der Waals surface area contributed by atoms with E-state index in [1.165, 1.54) is 12.3 Å². The minimum Gasteiger partial charge on any atom is -0.372 e. The first-order chi connectivity index (χ1) is 9.94. The Morgan fingerprint density at radius 2 is 2.05 bits per heavy atom. The number of sulfonamides is 1. The van der Waals surface area contributed by atoms with Gasteiger partial charge in [-0.15, -0.1) is 0 Å². The summed E-state index contributed by atoms with van der Waals surface area (Å²) in [6, 6.07) is 1.40. The monoisotopic (exact) mass is 334 g/mol. The Hall–Kier alpha value is -0.890. The molecular weight excluding hydrogens is 312 g/mol. The lowest BCUT2D eigenvalue weighted by Crippen LogP contribution is -2.35. The molecule has 0 unspecified atom stereocenters. The molecule has 2 N–H and O–H groups in total. The summed E-state index contributed by atoms with van der Waals surface area (Å²) in [6.45, 7) is 7.07. The smallest absolute Gasteiger partial charge is 0.242 e. The molecule has 1 aromatic heterocycles. The molecular formula is C13H23ClN4O2S. The highest BCUT2D eigenvalue weighted by molar-refractivity contribution is 7.89. The van der Waals surface area contributed by atoms with E-state index in [1.807, 2.05) is 0 Å². The zero-order chi connectivity index (χ0) is 15.9. The van der Waals surface area contributed by atoms with E-state index in [-0.39, 0.29) is 9.92 Å². The summed E-state index contributed by atoms with van der Waals surface area (Å²) in [4.78, 5) is 6.25. The fourth-order valence-corrected chi connectivity index (χ4v) is 3.23. The van der Waals surface area contributed by atoms with Gasteiger partial charge in [0.25, 0.3) is 0 Å². The van der Waals surface area contributed by atoms with Crippen LogP contribution in [-0.4, -0.2) is 51.5 Å². The molecule has 0 aliphatic rings. The number of aromatic nitrogens is 1. The standard InChI is InChI=1S/C13H23ClN4O2S/c1-4-7-18(5-2)8-6-17-21(19,20)11-9-12(14)13(15-3)16-10-11/h9-10,17H,4-8H2,1-3H3,(H,15,16). The summed E-state index contributed by atoms with van der Waals surface area (Å²) in [7, 11) is -1.90. The lowest BCUT2D eigenvalue weighted by atomic mass is 10.4. The van der Waals surface area contributed by atoms with Gasteiger partial charge in [-0.2, -0.15) is 0 Å². The summed E-state index contributed by atoms with van der Waals surface area (Å²) in [5, 5.41) is 3.07. The van der Waals surface area contributed by atoms with E-state index < -0.39 is 10.0 Å². The summed E-state index contributed by atoms with van der Waals surface area (Å²) in [5.74, 6) is 0.454. The SMILES string of the molecule is CCCN(CC)CCNS(=O)(=O)c1cnc(NC)c(Cl)c1. The minimum atomic E-state index is -3.58. The second-order valence-corrected chi connectivity index (χ2v) is 6.76. The first kappa shape index (κ1) is 18.2. The highest BCUT2D eigenvalue weighted by atomic mass is 35.5. The van der Waals surface area contributed by atoms with Crippen LogP contribution in [0.3, 0.4) is 0 Å². The second-order valence-electron chi connectivity index (χ2n) is 4.58. The highest BCUT2D eigenvalue weighted by Gasteiger charge is 2.16. The van der Waals surface area contributed by atoms with Gasteiger partial charge in [0.2, 0.25) is 10.0 Å². The maximum atomic E-state index is 12.2. The van der Waals surface area contributed by atoms with Crippen LogP contribution in [0.25, 0.3) is 0 Å². The maximum absolute atomic E-state index is 12.2. The lowest BCUT2D eigenvalue weighted by Gasteiger charge is -2.19. The lowest BCUT2D eigenvalue weighted by molar-refractivity contribution is 0.293. The summed E-state index contributed by atoms with van der Waals surface area (Å²) in [5.41, 5.74) is 0. The van der Waals surface area contributed by atoms with Gasteiger partial charge in [0.15, 0.2) is 0 Å². The molecule has 0 bridgehead atoms. The number of nitrogens with one attached hydrogen (secondary N) is 2. The summed E-state index contributed by atoms with van der Waals surface area (Å²) >= 11 is 5.96. The van der Waals surface area contributed by atoms with Crippen molar-refractivity contribution in [2.75, 3.05) is 38.5 Å². The number of pyridine rings is 1. The van der Waals surface area contributed by atoms with Crippen LogP contribution in [0.4, 0.5) is 5.82 Å². The topological polar surface area (TPSA) is 74.3 Å². The fraction of sp³-hybridized carbons (Fsp3) is 0.615. The average molecular weight is 335 g/mol. The fourth-order valence-electron chi connectivity index (χ4n) is 1.92. The average Bonchev–Trinajstić information content (AvgIpc) is 2.46. The third-order valence-corrected chi connectivity index (χ3v) is 4.79. The van der Waals surface area contributed by atoms with Gasteiger partial charge in [-0.05, 0) is 25.6 Å². The summed E-state index contributed by atoms with van der Waals surface area (Å²) in [6.07, 6.45) is 2.34. The van der Waals surface area contributed by atoms with Crippen molar-refractivity contribution in [3.63, 3.8) is 0 Å². The van der Waals surface area contributed by atoms with Crippen molar-refractivity contribution in [1.82, 2.24) is 14.6 Å². The summed E-state index contributed by atoms with van der Waals surface area (Å²) < 4.78 is 26.9. The predicted molar refractivity (Wildman–Crippen MR) is 86.4 cm³/mol. The van der Waals surface area contributed by atoms with E-state index in [9.17, 15) is 8.42 Å². The third-order valence-electron chi connectivity index (χ3n) is 3.07. The quantitative estimate of drug-likeness (QED) is 0.720. The number of hydrogen-bond acceptors (Lipinski definition) is 5. The van der Waals surface area contributed by atoms with Crippen molar-refractivity contribution in [3.05, 3.63) is 17.3 Å². The van der Waals surface area contributed by atoms with E-state index in [0.29, 0.717) is 18.9 Å². The van der Waals surface area contributed by atoms with Crippen molar-refractivity contribution in [1.29, 1.82) is 0 Å². The first-order valence-corrected chi connectivity index (χ1v) is 8.86. The van der Waals surface area contributed by atoms with Crippen molar-refractivity contribution < 1.29 is 8.42 Å². The molecule has 0 aliphatic heterocycles. The zero-order valence-corrected chi connectivity index (χ0v) is 14.3. The third kappa shape index (κ3) is 5.43. The number of rotatable bonds is 9. The Morgan fingerprint density at radius 1 is 1.33 bits per heavy atom. The molecule has 6 nitrogen and oxygen atoms in total. The zero-order valence-electron chi connectivity index (χ0n) is 12.7. The number of hydrogen-bond donors (Lipinski definition) is 2. The molecule has 1 aromatic rings. The maximum Gasteiger partial charge on any atom is 0.242 e. The molecule has 0 saturated heterocycles. The number of anilines is 1. The van der Waals surface area contributed by atoms with Crippen molar-refractivity contribution >= 4 is 27.4 Å². The van der Waals surface area contributed by atoms with Crippen LogP contribution >= 0.6 is 11.6 Å². The van der Waals surface area contributed by atoms with E-state index in [1.54, 1.807) is 7.05 Å². The Labute approximate surface area is 131 Å². The molecule has 0 radical (unpaired) electrons. The number of nitrogens with zero attached hydrogens (tertiary/aromatic N) is 2. The molecule has 0 spiro atoms. The molecule has 0 saturated carbocycles. The normalized spacial score (nSPS) is 11.9. The molecule has 1 rings (SSSR count). The van der Waals surface area contributed by atoms with Gasteiger partial charge in [0.1, 0.15) is 10.7 Å². The van der Waals surface area contributed by atoms with E-state index in [2.05, 4.69) is 33.8 Å². The molecule has 8 heteroatoms. The first-order valence-electron chi connectivity index (χ1n) is 6.99. The Kier molecular flexibility index (Phi) is 7.37. The van der Waals surface area contributed by atoms with Crippen LogP contribution in [0.1, 0.15) is 20.3 Å². The van der Waals surface area contributed by atoms with Crippen molar-refractivity contribution in [2.24, 2.45) is 0 Å². The predicted octanol–water partition coefficient (Wildman–Crippen LogP) is 1.79. The Bertz CT molecular complexity index is 551. The molecule has 0 aliphatic carbocycles. The molecule has 0 fully saturated rings. The van der Waals surface area contributed by atoms with Gasteiger partial charge in [-0.25, -0.2) is 18.1 Å². The van der Waals surface area contributed by atoms with Crippen molar-refractivity contribution in [2.45, 2.75) is 25.2 Å². The van der Waals surface area contributed by atoms with Gasteiger partial charge in [0, 0.05) is 26.3 Å². The van der Waals surface area contributed by atoms with E-state index in [4.69, 9.17) is 11.6 Å². The van der Waals surface area contributed by atoms with Gasteiger partial charge in [-0.1, -0.05) is 25.4 Å². The van der Waals surface area contributed by atoms with Gasteiger partial charge >= 0.3 is 0 Å². The van der Waals surface area contributed by atoms with Crippen LogP contribution in [0, 0.1) is 0 Å². The molecule has 21 heavy (non-hydrogen) atoms. The molecule has 0 aromatic carbocycles. The number of likely N-dealkylation sites (N-methyl/N-ethyl adjacent to an activating group) is 1. The largest absolute Gasteiger partial charge is 0.372 e. The Morgan fingerprint density at radius 3 is 2.57 bits per heavy atom. The van der Waals surface area contributed by atoms with E-state index in [0.717, 1.165) is 19.5 Å². The van der Waals surface area contributed by atoms with Gasteiger partial charge in [0.05, 0.1) is 5.02 Å². The van der Waals surface area contributed by atoms with Crippen LogP contribution < -0.4 is 10.0 Å². The Balaban J connectivity index is 2.67. The highest BCUT2D eigenvalue weighted by Crippen LogP contribution is 2.21. The van der Waals surface area contributed by atoms with Crippen molar-refractivity contribution in [3.8, 4) is 0 Å². The minimum absolute atomic E-state index is 0.0741. The van der Waals surface area contributed by atoms with Crippen LogP contribution in [-0.2, 0) is 10.0 Å². The van der Waals surface area contributed by atoms with Gasteiger partial charge < -0.3 is 10.2 Å². The van der Waals surface area contributed by atoms with E-state index >= 15 is 0 Å². The molecule has 120 valence electrons. The second kappa shape index (κ2) is 8.53. The molecule has 0 atom stereocenters.